The SMILES string of the molecule is C/C=C/C[C@@](C)(N)c1nnc(CC2=CN3NC=NC3N=C2)o1.C/C=C\C. The van der Waals surface area contributed by atoms with Crippen LogP contribution in [0.3, 0.4) is 0 Å². The van der Waals surface area contributed by atoms with Gasteiger partial charge in [-0.2, -0.15) is 0 Å². The van der Waals surface area contributed by atoms with Crippen LogP contribution in [0.2, 0.25) is 0 Å². The molecule has 1 aromatic heterocycles. The molecule has 0 spiro atoms. The number of rotatable bonds is 5. The molecule has 0 saturated carbocycles. The zero-order valence-corrected chi connectivity index (χ0v) is 15.8. The first-order chi connectivity index (χ1) is 12.5. The normalized spacial score (nSPS) is 20.6. The molecule has 2 aliphatic heterocycles. The van der Waals surface area contributed by atoms with E-state index in [1.807, 2.05) is 63.2 Å². The van der Waals surface area contributed by atoms with Gasteiger partial charge in [0.15, 0.2) is 0 Å². The summed E-state index contributed by atoms with van der Waals surface area (Å²) in [7, 11) is 0. The second kappa shape index (κ2) is 9.10. The van der Waals surface area contributed by atoms with E-state index in [1.54, 1.807) is 12.6 Å². The lowest BCUT2D eigenvalue weighted by Gasteiger charge is -2.21. The van der Waals surface area contributed by atoms with Crippen LogP contribution in [0, 0.1) is 0 Å². The quantitative estimate of drug-likeness (QED) is 0.784. The summed E-state index contributed by atoms with van der Waals surface area (Å²) in [6, 6.07) is 0. The molecule has 0 saturated heterocycles. The van der Waals surface area contributed by atoms with Crippen molar-refractivity contribution in [2.24, 2.45) is 15.7 Å². The molecule has 2 aliphatic rings. The fourth-order valence-electron chi connectivity index (χ4n) is 2.17. The number of nitrogens with two attached hydrogens (primary N) is 1. The Kier molecular flexibility index (Phi) is 6.85. The van der Waals surface area contributed by atoms with Crippen molar-refractivity contribution in [3.8, 4) is 0 Å². The van der Waals surface area contributed by atoms with Crippen molar-refractivity contribution in [1.82, 2.24) is 20.6 Å². The molecule has 2 atom stereocenters. The van der Waals surface area contributed by atoms with E-state index in [2.05, 4.69) is 25.6 Å². The molecule has 0 bridgehead atoms. The van der Waals surface area contributed by atoms with Crippen LogP contribution < -0.4 is 11.2 Å². The van der Waals surface area contributed by atoms with Gasteiger partial charge in [-0.1, -0.05) is 24.3 Å². The summed E-state index contributed by atoms with van der Waals surface area (Å²) >= 11 is 0. The number of hydrazine groups is 1. The largest absolute Gasteiger partial charge is 0.423 e. The van der Waals surface area contributed by atoms with Crippen LogP contribution in [0.1, 0.15) is 45.9 Å². The summed E-state index contributed by atoms with van der Waals surface area (Å²) in [4.78, 5) is 8.45. The van der Waals surface area contributed by atoms with E-state index in [-0.39, 0.29) is 6.29 Å². The number of hydrogen-bond acceptors (Lipinski definition) is 8. The Balaban J connectivity index is 0.000000552. The lowest BCUT2D eigenvalue weighted by Crippen LogP contribution is -2.35. The number of allylic oxidation sites excluding steroid dienone is 4. The van der Waals surface area contributed by atoms with Crippen molar-refractivity contribution in [1.29, 1.82) is 0 Å². The van der Waals surface area contributed by atoms with Gasteiger partial charge in [0.2, 0.25) is 18.1 Å². The van der Waals surface area contributed by atoms with Gasteiger partial charge in [0, 0.05) is 12.4 Å². The van der Waals surface area contributed by atoms with Gasteiger partial charge < -0.3 is 10.2 Å². The zero-order valence-electron chi connectivity index (χ0n) is 15.8. The van der Waals surface area contributed by atoms with E-state index in [4.69, 9.17) is 10.2 Å². The van der Waals surface area contributed by atoms with Crippen molar-refractivity contribution >= 4 is 12.6 Å². The second-order valence-corrected chi connectivity index (χ2v) is 6.18. The lowest BCUT2D eigenvalue weighted by atomic mass is 9.99. The molecule has 1 aromatic rings. The van der Waals surface area contributed by atoms with Gasteiger partial charge in [-0.05, 0) is 39.7 Å². The summed E-state index contributed by atoms with van der Waals surface area (Å²) in [5.41, 5.74) is 9.49. The van der Waals surface area contributed by atoms with Gasteiger partial charge in [0.05, 0.1) is 12.0 Å². The van der Waals surface area contributed by atoms with Gasteiger partial charge in [-0.3, -0.25) is 5.43 Å². The van der Waals surface area contributed by atoms with Gasteiger partial charge in [0.1, 0.15) is 6.34 Å². The summed E-state index contributed by atoms with van der Waals surface area (Å²) in [5, 5.41) is 9.96. The highest BCUT2D eigenvalue weighted by molar-refractivity contribution is 5.80. The van der Waals surface area contributed by atoms with Gasteiger partial charge >= 0.3 is 0 Å². The Morgan fingerprint density at radius 3 is 2.69 bits per heavy atom. The molecule has 3 heterocycles. The van der Waals surface area contributed by atoms with Crippen molar-refractivity contribution in [2.75, 3.05) is 0 Å². The monoisotopic (exact) mass is 357 g/mol. The minimum atomic E-state index is -0.664. The topological polar surface area (TPSA) is 105 Å². The van der Waals surface area contributed by atoms with Crippen LogP contribution in [-0.4, -0.2) is 34.0 Å². The van der Waals surface area contributed by atoms with E-state index < -0.39 is 5.54 Å². The van der Waals surface area contributed by atoms with Crippen LogP contribution in [0.15, 0.2) is 50.5 Å². The van der Waals surface area contributed by atoms with E-state index >= 15 is 0 Å². The highest BCUT2D eigenvalue weighted by Crippen LogP contribution is 2.22. The fraction of sp³-hybridized carbons (Fsp3) is 0.444. The highest BCUT2D eigenvalue weighted by atomic mass is 16.4. The minimum absolute atomic E-state index is 0.213. The summed E-state index contributed by atoms with van der Waals surface area (Å²) < 4.78 is 5.71. The molecule has 26 heavy (non-hydrogen) atoms. The smallest absolute Gasteiger partial charge is 0.236 e. The van der Waals surface area contributed by atoms with Crippen molar-refractivity contribution in [3.63, 3.8) is 0 Å². The Labute approximate surface area is 154 Å². The maximum Gasteiger partial charge on any atom is 0.236 e. The molecule has 0 aliphatic carbocycles. The minimum Gasteiger partial charge on any atom is -0.423 e. The number of aromatic nitrogens is 2. The summed E-state index contributed by atoms with van der Waals surface area (Å²) in [5.74, 6) is 0.956. The molecule has 0 aromatic carbocycles. The van der Waals surface area contributed by atoms with E-state index in [9.17, 15) is 0 Å². The molecule has 3 rings (SSSR count). The lowest BCUT2D eigenvalue weighted by molar-refractivity contribution is 0.279. The molecular weight excluding hydrogens is 330 g/mol. The Morgan fingerprint density at radius 2 is 2.00 bits per heavy atom. The van der Waals surface area contributed by atoms with Gasteiger partial charge in [0.25, 0.3) is 0 Å². The molecule has 3 N–H and O–H groups in total. The highest BCUT2D eigenvalue weighted by Gasteiger charge is 2.27. The van der Waals surface area contributed by atoms with Crippen LogP contribution in [0.5, 0.6) is 0 Å². The molecule has 1 unspecified atom stereocenters. The van der Waals surface area contributed by atoms with Crippen molar-refractivity contribution < 1.29 is 4.42 Å². The first kappa shape index (κ1) is 19.6. The molecular formula is C18H27N7O. The first-order valence-electron chi connectivity index (χ1n) is 8.60. The number of nitrogens with zero attached hydrogens (tertiary/aromatic N) is 5. The average molecular weight is 357 g/mol. The Hall–Kier alpha value is -2.74. The van der Waals surface area contributed by atoms with E-state index in [1.165, 1.54) is 0 Å². The number of hydrogen-bond donors (Lipinski definition) is 2. The van der Waals surface area contributed by atoms with Crippen LogP contribution in [-0.2, 0) is 12.0 Å². The number of nitrogens with one attached hydrogen (secondary N) is 1. The van der Waals surface area contributed by atoms with Crippen LogP contribution >= 0.6 is 0 Å². The summed E-state index contributed by atoms with van der Waals surface area (Å²) in [6.07, 6.45) is 14.2. The maximum atomic E-state index is 6.22. The fourth-order valence-corrected chi connectivity index (χ4v) is 2.17. The summed E-state index contributed by atoms with van der Waals surface area (Å²) in [6.45, 7) is 7.83. The van der Waals surface area contributed by atoms with E-state index in [0.29, 0.717) is 24.6 Å². The van der Waals surface area contributed by atoms with Crippen LogP contribution in [0.4, 0.5) is 0 Å². The van der Waals surface area contributed by atoms with Gasteiger partial charge in [-0.15, -0.1) is 10.2 Å². The maximum absolute atomic E-state index is 6.22. The predicted octanol–water partition coefficient (Wildman–Crippen LogP) is 2.44. The number of aliphatic imine (C=N–C) groups is 2. The molecule has 140 valence electrons. The molecule has 8 nitrogen and oxygen atoms in total. The number of fused-ring (bicyclic) bond motifs is 1. The Bertz CT molecular complexity index is 724. The van der Waals surface area contributed by atoms with Crippen molar-refractivity contribution in [2.45, 2.75) is 52.4 Å². The average Bonchev–Trinajstić information content (AvgIpc) is 3.29. The molecule has 8 heteroatoms. The zero-order chi connectivity index (χ0) is 19.0. The van der Waals surface area contributed by atoms with Crippen molar-refractivity contribution in [3.05, 3.63) is 47.9 Å². The van der Waals surface area contributed by atoms with E-state index in [0.717, 1.165) is 5.57 Å². The Morgan fingerprint density at radius 1 is 1.23 bits per heavy atom. The van der Waals surface area contributed by atoms with Crippen LogP contribution in [0.25, 0.3) is 0 Å². The molecule has 0 fully saturated rings. The predicted molar refractivity (Wildman–Crippen MR) is 103 cm³/mol. The second-order valence-electron chi connectivity index (χ2n) is 6.18. The first-order valence-corrected chi connectivity index (χ1v) is 8.60. The third-order valence-corrected chi connectivity index (χ3v) is 3.76. The standard InChI is InChI=1S/C14H19N7O.C4H8/c1-3-4-5-14(2,15)12-20-19-11(22-12)6-10-7-16-13-17-9-18-21(13)8-10;1-3-4-2/h3-4,7-9,13H,5-6,15H2,1-2H3,(H,17,18);3-4H,1-2H3/b4-3+;4-3-/t13?,14-;/m1./s1. The molecule has 0 radical (unpaired) electrons. The third-order valence-electron chi connectivity index (χ3n) is 3.76. The molecule has 0 amide bonds. The third kappa shape index (κ3) is 5.13. The van der Waals surface area contributed by atoms with Gasteiger partial charge in [-0.25, -0.2) is 15.0 Å².